The van der Waals surface area contributed by atoms with Gasteiger partial charge in [0.2, 0.25) is 0 Å². The number of allylic oxidation sites excluding steroid dienone is 3. The van der Waals surface area contributed by atoms with Gasteiger partial charge in [-0.1, -0.05) is 36.6 Å². The fourth-order valence-corrected chi connectivity index (χ4v) is 4.26. The van der Waals surface area contributed by atoms with Crippen LogP contribution in [0.2, 0.25) is 0 Å². The third kappa shape index (κ3) is 6.67. The van der Waals surface area contributed by atoms with Crippen LogP contribution in [-0.4, -0.2) is 21.9 Å². The molecule has 1 aromatic carbocycles. The Kier molecular flexibility index (Phi) is 8.42. The summed E-state index contributed by atoms with van der Waals surface area (Å²) in [6, 6.07) is 2.16. The molecule has 31 heavy (non-hydrogen) atoms. The molecule has 8 heteroatoms. The number of nitrogens with zero attached hydrogens (tertiary/aromatic N) is 1. The lowest BCUT2D eigenvalue weighted by molar-refractivity contribution is -0.757. The lowest BCUT2D eigenvalue weighted by Crippen LogP contribution is -2.23. The number of rotatable bonds is 11. The van der Waals surface area contributed by atoms with E-state index in [1.807, 2.05) is 19.9 Å². The SMILES string of the molecule is C=C(C)[C@@H]1CCC(C)=C[C@H]1c1c(O)cc(O)cc1C(F)(F)CCCCCCO[N+](=O)[O-]. The summed E-state index contributed by atoms with van der Waals surface area (Å²) in [5.41, 5.74) is 1.73. The minimum absolute atomic E-state index is 0.0520. The Balaban J connectivity index is 2.22. The first-order chi connectivity index (χ1) is 14.5. The number of halogens is 2. The minimum Gasteiger partial charge on any atom is -0.508 e. The molecule has 0 amide bonds. The Hall–Kier alpha value is -2.64. The molecule has 1 aliphatic rings. The van der Waals surface area contributed by atoms with Gasteiger partial charge in [-0.25, -0.2) is 8.78 Å². The van der Waals surface area contributed by atoms with Crippen LogP contribution in [0.25, 0.3) is 0 Å². The van der Waals surface area contributed by atoms with E-state index < -0.39 is 29.1 Å². The summed E-state index contributed by atoms with van der Waals surface area (Å²) in [6.45, 7) is 7.77. The molecule has 2 rings (SSSR count). The Labute approximate surface area is 181 Å². The zero-order valence-corrected chi connectivity index (χ0v) is 18.1. The number of aromatic hydroxyl groups is 2. The van der Waals surface area contributed by atoms with Crippen LogP contribution in [0.4, 0.5) is 8.78 Å². The first-order valence-corrected chi connectivity index (χ1v) is 10.6. The quantitative estimate of drug-likeness (QED) is 0.181. The van der Waals surface area contributed by atoms with Gasteiger partial charge in [-0.2, -0.15) is 0 Å². The first-order valence-electron chi connectivity index (χ1n) is 10.6. The molecule has 1 aromatic rings. The second-order valence-corrected chi connectivity index (χ2v) is 8.38. The van der Waals surface area contributed by atoms with E-state index in [4.69, 9.17) is 0 Å². The van der Waals surface area contributed by atoms with Gasteiger partial charge < -0.3 is 15.1 Å². The zero-order valence-electron chi connectivity index (χ0n) is 18.1. The molecule has 172 valence electrons. The monoisotopic (exact) mass is 439 g/mol. The highest BCUT2D eigenvalue weighted by molar-refractivity contribution is 5.52. The molecule has 0 aromatic heterocycles. The lowest BCUT2D eigenvalue weighted by atomic mass is 9.72. The van der Waals surface area contributed by atoms with Gasteiger partial charge in [0.15, 0.2) is 0 Å². The number of alkyl halides is 2. The molecule has 0 radical (unpaired) electrons. The molecule has 0 saturated heterocycles. The van der Waals surface area contributed by atoms with E-state index in [1.54, 1.807) is 0 Å². The molecule has 0 saturated carbocycles. The van der Waals surface area contributed by atoms with Gasteiger partial charge in [0.1, 0.15) is 11.5 Å². The summed E-state index contributed by atoms with van der Waals surface area (Å²) in [5.74, 6) is -4.51. The van der Waals surface area contributed by atoms with Crippen molar-refractivity contribution in [3.63, 3.8) is 0 Å². The average Bonchev–Trinajstić information content (AvgIpc) is 2.66. The summed E-state index contributed by atoms with van der Waals surface area (Å²) >= 11 is 0. The molecule has 0 spiro atoms. The summed E-state index contributed by atoms with van der Waals surface area (Å²) < 4.78 is 30.5. The molecule has 0 aliphatic heterocycles. The largest absolute Gasteiger partial charge is 0.508 e. The highest BCUT2D eigenvalue weighted by Gasteiger charge is 2.39. The van der Waals surface area contributed by atoms with Gasteiger partial charge in [-0.05, 0) is 51.5 Å². The zero-order chi connectivity index (χ0) is 23.2. The highest BCUT2D eigenvalue weighted by atomic mass is 19.3. The van der Waals surface area contributed by atoms with Crippen LogP contribution in [-0.2, 0) is 10.8 Å². The molecule has 1 aliphatic carbocycles. The van der Waals surface area contributed by atoms with Gasteiger partial charge in [0.05, 0.1) is 6.61 Å². The van der Waals surface area contributed by atoms with Gasteiger partial charge in [0, 0.05) is 29.5 Å². The highest BCUT2D eigenvalue weighted by Crippen LogP contribution is 2.49. The second kappa shape index (κ2) is 10.6. The van der Waals surface area contributed by atoms with E-state index in [0.717, 1.165) is 36.1 Å². The molecular formula is C23H31F2NO5. The van der Waals surface area contributed by atoms with Crippen molar-refractivity contribution in [2.45, 2.75) is 70.6 Å². The van der Waals surface area contributed by atoms with Gasteiger partial charge >= 0.3 is 0 Å². The van der Waals surface area contributed by atoms with Crippen molar-refractivity contribution in [1.29, 1.82) is 0 Å². The van der Waals surface area contributed by atoms with Crippen LogP contribution in [0.15, 0.2) is 35.9 Å². The molecule has 0 bridgehead atoms. The normalized spacial score (nSPS) is 19.0. The molecular weight excluding hydrogens is 408 g/mol. The number of hydrogen-bond donors (Lipinski definition) is 2. The number of phenols is 2. The van der Waals surface area contributed by atoms with Crippen molar-refractivity contribution in [3.8, 4) is 11.5 Å². The van der Waals surface area contributed by atoms with E-state index in [-0.39, 0.29) is 35.8 Å². The van der Waals surface area contributed by atoms with Crippen molar-refractivity contribution in [3.05, 3.63) is 57.2 Å². The Morgan fingerprint density at radius 1 is 1.29 bits per heavy atom. The fourth-order valence-electron chi connectivity index (χ4n) is 4.26. The van der Waals surface area contributed by atoms with Crippen molar-refractivity contribution >= 4 is 0 Å². The van der Waals surface area contributed by atoms with E-state index in [9.17, 15) is 20.3 Å². The molecule has 0 unspecified atom stereocenters. The van der Waals surface area contributed by atoms with Crippen LogP contribution in [0.3, 0.4) is 0 Å². The standard InChI is InChI=1S/C23H31F2NO5/c1-15(2)18-9-8-16(3)12-19(18)22-20(13-17(27)14-21(22)28)23(24,25)10-6-4-5-7-11-31-26(29)30/h12-14,18-19,27-28H,1,4-11H2,2-3H3/t18-,19+/m0/s1. The van der Waals surface area contributed by atoms with E-state index in [2.05, 4.69) is 11.4 Å². The van der Waals surface area contributed by atoms with Crippen LogP contribution < -0.4 is 0 Å². The molecule has 2 N–H and O–H groups in total. The summed E-state index contributed by atoms with van der Waals surface area (Å²) in [5, 5.41) is 29.7. The van der Waals surface area contributed by atoms with Gasteiger partial charge in [-0.3, -0.25) is 0 Å². The van der Waals surface area contributed by atoms with Crippen molar-refractivity contribution < 1.29 is 28.9 Å². The van der Waals surface area contributed by atoms with Crippen LogP contribution in [0.1, 0.15) is 75.8 Å². The van der Waals surface area contributed by atoms with Crippen molar-refractivity contribution in [1.82, 2.24) is 0 Å². The second-order valence-electron chi connectivity index (χ2n) is 8.38. The van der Waals surface area contributed by atoms with Crippen molar-refractivity contribution in [2.75, 3.05) is 6.61 Å². The predicted molar refractivity (Wildman–Crippen MR) is 114 cm³/mol. The number of phenolic OH excluding ortho intramolecular Hbond substituents is 2. The third-order valence-corrected chi connectivity index (χ3v) is 5.83. The first kappa shape index (κ1) is 24.6. The number of unbranched alkanes of at least 4 members (excludes halogenated alkanes) is 3. The van der Waals surface area contributed by atoms with Crippen LogP contribution >= 0.6 is 0 Å². The third-order valence-electron chi connectivity index (χ3n) is 5.83. The van der Waals surface area contributed by atoms with Crippen LogP contribution in [0, 0.1) is 16.0 Å². The number of benzene rings is 1. The maximum atomic E-state index is 15.3. The summed E-state index contributed by atoms with van der Waals surface area (Å²) in [4.78, 5) is 14.3. The Morgan fingerprint density at radius 2 is 1.97 bits per heavy atom. The van der Waals surface area contributed by atoms with Crippen LogP contribution in [0.5, 0.6) is 11.5 Å². The van der Waals surface area contributed by atoms with Gasteiger partial charge in [0.25, 0.3) is 11.0 Å². The molecule has 0 fully saturated rings. The lowest BCUT2D eigenvalue weighted by Gasteiger charge is -2.33. The predicted octanol–water partition coefficient (Wildman–Crippen LogP) is 6.36. The topological polar surface area (TPSA) is 92.8 Å². The molecule has 6 nitrogen and oxygen atoms in total. The minimum atomic E-state index is -3.25. The average molecular weight is 439 g/mol. The van der Waals surface area contributed by atoms with E-state index in [1.165, 1.54) is 0 Å². The maximum Gasteiger partial charge on any atom is 0.294 e. The van der Waals surface area contributed by atoms with E-state index in [0.29, 0.717) is 19.3 Å². The summed E-state index contributed by atoms with van der Waals surface area (Å²) in [7, 11) is 0. The maximum absolute atomic E-state index is 15.3. The van der Waals surface area contributed by atoms with Gasteiger partial charge in [-0.15, -0.1) is 10.1 Å². The molecule has 0 heterocycles. The summed E-state index contributed by atoms with van der Waals surface area (Å²) in [6.07, 6.45) is 4.69. The fraction of sp³-hybridized carbons (Fsp3) is 0.565. The van der Waals surface area contributed by atoms with E-state index >= 15 is 8.78 Å². The van der Waals surface area contributed by atoms with Crippen molar-refractivity contribution in [2.24, 2.45) is 5.92 Å². The Morgan fingerprint density at radius 3 is 2.61 bits per heavy atom. The smallest absolute Gasteiger partial charge is 0.294 e. The Bertz CT molecular complexity index is 838. The number of hydrogen-bond acceptors (Lipinski definition) is 5. The molecule has 2 atom stereocenters.